The van der Waals surface area contributed by atoms with E-state index in [1.807, 2.05) is 5.32 Å². The molecule has 0 fully saturated rings. The quantitative estimate of drug-likeness (QED) is 0.370. The number of rotatable bonds is 6. The summed E-state index contributed by atoms with van der Waals surface area (Å²) in [5.41, 5.74) is 4.93. The van der Waals surface area contributed by atoms with Crippen molar-refractivity contribution in [3.05, 3.63) is 0 Å². The van der Waals surface area contributed by atoms with E-state index in [1.54, 1.807) is 0 Å². The van der Waals surface area contributed by atoms with Gasteiger partial charge in [0, 0.05) is 6.54 Å². The largest absolute Gasteiger partial charge is 0.465 e. The van der Waals surface area contributed by atoms with Gasteiger partial charge in [-0.15, -0.1) is 0 Å². The average Bonchev–Trinajstić information content (AvgIpc) is 2.08. The molecule has 0 aromatic rings. The Morgan fingerprint density at radius 3 is 2.20 bits per heavy atom. The fourth-order valence-electron chi connectivity index (χ4n) is 0.936. The third-order valence-corrected chi connectivity index (χ3v) is 1.59. The van der Waals surface area contributed by atoms with Crippen LogP contribution >= 0.6 is 0 Å². The summed E-state index contributed by atoms with van der Waals surface area (Å²) in [6.07, 6.45) is -2.04. The number of amides is 3. The second kappa shape index (κ2) is 6.46. The van der Waals surface area contributed by atoms with E-state index < -0.39 is 24.1 Å². The van der Waals surface area contributed by atoms with E-state index in [4.69, 9.17) is 15.9 Å². The van der Waals surface area contributed by atoms with E-state index in [2.05, 4.69) is 5.32 Å². The number of carbonyl (C=O) groups is 3. The maximum Gasteiger partial charge on any atom is 0.405 e. The molecule has 6 N–H and O–H groups in total. The van der Waals surface area contributed by atoms with Crippen molar-refractivity contribution >= 4 is 18.1 Å². The summed E-state index contributed by atoms with van der Waals surface area (Å²) in [7, 11) is 0. The van der Waals surface area contributed by atoms with Crippen LogP contribution in [0.1, 0.15) is 12.8 Å². The van der Waals surface area contributed by atoms with Crippen molar-refractivity contribution in [2.45, 2.75) is 18.9 Å². The van der Waals surface area contributed by atoms with Gasteiger partial charge in [-0.1, -0.05) is 0 Å². The molecule has 0 radical (unpaired) electrons. The molecule has 0 bridgehead atoms. The Morgan fingerprint density at radius 1 is 1.20 bits per heavy atom. The minimum absolute atomic E-state index is 0.139. The fraction of sp³-hybridized carbons (Fsp3) is 0.571. The third kappa shape index (κ3) is 7.11. The summed E-state index contributed by atoms with van der Waals surface area (Å²) in [5.74, 6) is -0.785. The molecule has 3 amide bonds. The van der Waals surface area contributed by atoms with Crippen LogP contribution in [0.25, 0.3) is 0 Å². The van der Waals surface area contributed by atoms with Gasteiger partial charge in [0.05, 0.1) is 0 Å². The molecule has 0 aliphatic carbocycles. The summed E-state index contributed by atoms with van der Waals surface area (Å²) in [6.45, 7) is 0.139. The van der Waals surface area contributed by atoms with Gasteiger partial charge in [-0.25, -0.2) is 9.59 Å². The Balaban J connectivity index is 3.81. The maximum absolute atomic E-state index is 10.7. The first-order chi connectivity index (χ1) is 6.93. The molecule has 0 rings (SSSR count). The molecule has 0 saturated carbocycles. The predicted octanol–water partition coefficient (Wildman–Crippen LogP) is -0.844. The van der Waals surface area contributed by atoms with E-state index in [-0.39, 0.29) is 13.0 Å². The van der Waals surface area contributed by atoms with Gasteiger partial charge >= 0.3 is 12.2 Å². The maximum atomic E-state index is 10.7. The first-order valence-corrected chi connectivity index (χ1v) is 4.19. The molecular weight excluding hydrogens is 206 g/mol. The molecule has 86 valence electrons. The molecule has 0 aliphatic rings. The van der Waals surface area contributed by atoms with Crippen molar-refractivity contribution in [1.29, 1.82) is 0 Å². The lowest BCUT2D eigenvalue weighted by molar-refractivity contribution is -0.120. The standard InChI is InChI=1S/C7H13N3O5/c8-5(11)4(10-7(14)15)2-1-3-9-6(12)13/h4,9-10H,1-3H2,(H2,8,11)(H,12,13)(H,14,15). The van der Waals surface area contributed by atoms with Crippen LogP contribution in [-0.4, -0.2) is 40.9 Å². The van der Waals surface area contributed by atoms with Crippen LogP contribution in [0.5, 0.6) is 0 Å². The van der Waals surface area contributed by atoms with Crippen molar-refractivity contribution in [1.82, 2.24) is 10.6 Å². The fourth-order valence-corrected chi connectivity index (χ4v) is 0.936. The van der Waals surface area contributed by atoms with Crippen LogP contribution in [0.4, 0.5) is 9.59 Å². The molecule has 8 nitrogen and oxygen atoms in total. The van der Waals surface area contributed by atoms with Gasteiger partial charge in [0.1, 0.15) is 6.04 Å². The number of carbonyl (C=O) groups excluding carboxylic acids is 1. The molecule has 0 aromatic heterocycles. The Morgan fingerprint density at radius 2 is 1.80 bits per heavy atom. The Bertz CT molecular complexity index is 255. The van der Waals surface area contributed by atoms with E-state index in [0.29, 0.717) is 6.42 Å². The number of nitrogens with two attached hydrogens (primary N) is 1. The summed E-state index contributed by atoms with van der Waals surface area (Å²) in [6, 6.07) is -0.988. The first kappa shape index (κ1) is 13.0. The first-order valence-electron chi connectivity index (χ1n) is 4.19. The minimum atomic E-state index is -1.34. The summed E-state index contributed by atoms with van der Waals surface area (Å²) < 4.78 is 0. The number of hydrogen-bond donors (Lipinski definition) is 5. The van der Waals surface area contributed by atoms with Gasteiger partial charge in [-0.2, -0.15) is 0 Å². The van der Waals surface area contributed by atoms with Crippen molar-refractivity contribution < 1.29 is 24.6 Å². The van der Waals surface area contributed by atoms with Crippen LogP contribution in [0.3, 0.4) is 0 Å². The number of hydrogen-bond acceptors (Lipinski definition) is 3. The zero-order chi connectivity index (χ0) is 11.8. The van der Waals surface area contributed by atoms with Crippen molar-refractivity contribution in [3.63, 3.8) is 0 Å². The highest BCUT2D eigenvalue weighted by Gasteiger charge is 2.16. The molecule has 15 heavy (non-hydrogen) atoms. The zero-order valence-corrected chi connectivity index (χ0v) is 7.90. The number of carboxylic acid groups (broad SMARTS) is 2. The van der Waals surface area contributed by atoms with Crippen molar-refractivity contribution in [2.75, 3.05) is 6.54 Å². The van der Waals surface area contributed by atoms with Crippen molar-refractivity contribution in [2.24, 2.45) is 5.73 Å². The van der Waals surface area contributed by atoms with Gasteiger partial charge < -0.3 is 26.6 Å². The summed E-state index contributed by atoms with van der Waals surface area (Å²) >= 11 is 0. The molecule has 1 unspecified atom stereocenters. The Kier molecular flexibility index (Phi) is 5.60. The molecule has 0 heterocycles. The summed E-state index contributed by atoms with van der Waals surface area (Å²) in [4.78, 5) is 31.0. The lowest BCUT2D eigenvalue weighted by atomic mass is 10.1. The molecule has 8 heteroatoms. The highest BCUT2D eigenvalue weighted by atomic mass is 16.4. The molecule has 0 saturated heterocycles. The van der Waals surface area contributed by atoms with Gasteiger partial charge in [-0.05, 0) is 12.8 Å². The molecule has 1 atom stereocenters. The second-order valence-electron chi connectivity index (χ2n) is 2.78. The molecule has 0 aliphatic heterocycles. The lowest BCUT2D eigenvalue weighted by Gasteiger charge is -2.12. The van der Waals surface area contributed by atoms with Crippen LogP contribution in [-0.2, 0) is 4.79 Å². The van der Waals surface area contributed by atoms with E-state index in [0.717, 1.165) is 0 Å². The average molecular weight is 219 g/mol. The topological polar surface area (TPSA) is 142 Å². The van der Waals surface area contributed by atoms with Crippen LogP contribution in [0.2, 0.25) is 0 Å². The lowest BCUT2D eigenvalue weighted by Crippen LogP contribution is -2.44. The molecule has 0 aromatic carbocycles. The Labute approximate surface area is 85.4 Å². The third-order valence-electron chi connectivity index (χ3n) is 1.59. The monoisotopic (exact) mass is 219 g/mol. The van der Waals surface area contributed by atoms with Crippen LogP contribution in [0, 0.1) is 0 Å². The molecule has 0 spiro atoms. The van der Waals surface area contributed by atoms with Gasteiger partial charge in [0.2, 0.25) is 5.91 Å². The normalized spacial score (nSPS) is 11.5. The van der Waals surface area contributed by atoms with E-state index >= 15 is 0 Å². The zero-order valence-electron chi connectivity index (χ0n) is 7.90. The number of nitrogens with one attached hydrogen (secondary N) is 2. The number of primary amides is 1. The highest BCUT2D eigenvalue weighted by molar-refractivity contribution is 5.83. The van der Waals surface area contributed by atoms with Gasteiger partial charge in [-0.3, -0.25) is 4.79 Å². The van der Waals surface area contributed by atoms with Crippen LogP contribution in [0.15, 0.2) is 0 Å². The SMILES string of the molecule is NC(=O)C(CCCNC(=O)O)NC(=O)O. The van der Waals surface area contributed by atoms with Gasteiger partial charge in [0.15, 0.2) is 0 Å². The van der Waals surface area contributed by atoms with E-state index in [9.17, 15) is 14.4 Å². The summed E-state index contributed by atoms with van der Waals surface area (Å²) in [5, 5.41) is 20.6. The molecular formula is C7H13N3O5. The smallest absolute Gasteiger partial charge is 0.405 e. The minimum Gasteiger partial charge on any atom is -0.465 e. The Hall–Kier alpha value is -1.99. The van der Waals surface area contributed by atoms with Crippen molar-refractivity contribution in [3.8, 4) is 0 Å². The van der Waals surface area contributed by atoms with Gasteiger partial charge in [0.25, 0.3) is 0 Å². The van der Waals surface area contributed by atoms with Crippen LogP contribution < -0.4 is 16.4 Å². The highest BCUT2D eigenvalue weighted by Crippen LogP contribution is 1.95. The van der Waals surface area contributed by atoms with E-state index in [1.165, 1.54) is 0 Å². The predicted molar refractivity (Wildman–Crippen MR) is 49.4 cm³/mol. The second-order valence-corrected chi connectivity index (χ2v) is 2.78.